The average molecular weight is 248 g/mol. The van der Waals surface area contributed by atoms with E-state index in [0.717, 1.165) is 18.0 Å². The van der Waals surface area contributed by atoms with Crippen LogP contribution in [0.4, 0.5) is 11.4 Å². The van der Waals surface area contributed by atoms with Gasteiger partial charge in [0.1, 0.15) is 0 Å². The van der Waals surface area contributed by atoms with Crippen molar-refractivity contribution in [3.63, 3.8) is 0 Å². The van der Waals surface area contributed by atoms with Gasteiger partial charge in [0.2, 0.25) is 0 Å². The van der Waals surface area contributed by atoms with E-state index in [4.69, 9.17) is 0 Å². The van der Waals surface area contributed by atoms with Crippen molar-refractivity contribution in [1.29, 1.82) is 0 Å². The molecule has 1 aromatic carbocycles. The third kappa shape index (κ3) is 3.00. The summed E-state index contributed by atoms with van der Waals surface area (Å²) in [6.07, 6.45) is 3.61. The van der Waals surface area contributed by atoms with Crippen LogP contribution in [0.3, 0.4) is 0 Å². The standard InChI is InChI=1S/C14H20N2O2/c1-10-6-7-14(11(2)8-10)15-12-4-3-5-13(9-12)16(17)18/h3-5,9-11,14-15H,6-8H2,1-2H3. The van der Waals surface area contributed by atoms with Crippen molar-refractivity contribution in [3.8, 4) is 0 Å². The van der Waals surface area contributed by atoms with Crippen molar-refractivity contribution in [2.45, 2.75) is 39.2 Å². The smallest absolute Gasteiger partial charge is 0.271 e. The number of benzene rings is 1. The minimum atomic E-state index is -0.350. The summed E-state index contributed by atoms with van der Waals surface area (Å²) in [5.41, 5.74) is 1.01. The van der Waals surface area contributed by atoms with Crippen LogP contribution in [0.25, 0.3) is 0 Å². The highest BCUT2D eigenvalue weighted by molar-refractivity contribution is 5.51. The number of nitrogens with one attached hydrogen (secondary N) is 1. The number of nitrogens with zero attached hydrogens (tertiary/aromatic N) is 1. The summed E-state index contributed by atoms with van der Waals surface area (Å²) in [6.45, 7) is 4.55. The quantitative estimate of drug-likeness (QED) is 0.653. The first-order valence-electron chi connectivity index (χ1n) is 6.57. The van der Waals surface area contributed by atoms with E-state index in [2.05, 4.69) is 19.2 Å². The molecule has 0 heterocycles. The number of anilines is 1. The van der Waals surface area contributed by atoms with Crippen LogP contribution < -0.4 is 5.32 Å². The van der Waals surface area contributed by atoms with Crippen LogP contribution in [-0.2, 0) is 0 Å². The Morgan fingerprint density at radius 3 is 2.78 bits per heavy atom. The normalized spacial score (nSPS) is 27.8. The Morgan fingerprint density at radius 1 is 1.33 bits per heavy atom. The minimum absolute atomic E-state index is 0.150. The Bertz CT molecular complexity index is 434. The number of hydrogen-bond donors (Lipinski definition) is 1. The van der Waals surface area contributed by atoms with Gasteiger partial charge in [0, 0.05) is 23.9 Å². The van der Waals surface area contributed by atoms with Crippen LogP contribution in [-0.4, -0.2) is 11.0 Å². The third-order valence-electron chi connectivity index (χ3n) is 3.84. The fourth-order valence-corrected chi connectivity index (χ4v) is 2.80. The molecule has 1 N–H and O–H groups in total. The molecule has 4 heteroatoms. The van der Waals surface area contributed by atoms with Crippen molar-refractivity contribution in [2.24, 2.45) is 11.8 Å². The van der Waals surface area contributed by atoms with Crippen LogP contribution in [0.5, 0.6) is 0 Å². The summed E-state index contributed by atoms with van der Waals surface area (Å²) in [4.78, 5) is 10.4. The Labute approximate surface area is 108 Å². The molecule has 18 heavy (non-hydrogen) atoms. The van der Waals surface area contributed by atoms with E-state index in [1.807, 2.05) is 6.07 Å². The monoisotopic (exact) mass is 248 g/mol. The summed E-state index contributed by atoms with van der Waals surface area (Å²) in [5.74, 6) is 1.41. The van der Waals surface area contributed by atoms with Gasteiger partial charge < -0.3 is 5.32 Å². The molecule has 0 bridgehead atoms. The van der Waals surface area contributed by atoms with E-state index in [0.29, 0.717) is 12.0 Å². The summed E-state index contributed by atoms with van der Waals surface area (Å²) in [7, 11) is 0. The maximum absolute atomic E-state index is 10.7. The van der Waals surface area contributed by atoms with Gasteiger partial charge in [-0.15, -0.1) is 0 Å². The van der Waals surface area contributed by atoms with E-state index < -0.39 is 0 Å². The molecule has 1 aliphatic rings. The van der Waals surface area contributed by atoms with Crippen molar-refractivity contribution < 1.29 is 4.92 Å². The second kappa shape index (κ2) is 5.38. The van der Waals surface area contributed by atoms with Crippen molar-refractivity contribution >= 4 is 11.4 Å². The second-order valence-electron chi connectivity index (χ2n) is 5.45. The Hall–Kier alpha value is -1.58. The average Bonchev–Trinajstić information content (AvgIpc) is 2.33. The summed E-state index contributed by atoms with van der Waals surface area (Å²) in [6, 6.07) is 7.21. The number of rotatable bonds is 3. The number of hydrogen-bond acceptors (Lipinski definition) is 3. The molecule has 98 valence electrons. The fourth-order valence-electron chi connectivity index (χ4n) is 2.80. The molecule has 0 aromatic heterocycles. The van der Waals surface area contributed by atoms with Gasteiger partial charge >= 0.3 is 0 Å². The maximum Gasteiger partial charge on any atom is 0.271 e. The molecule has 0 saturated heterocycles. The highest BCUT2D eigenvalue weighted by Crippen LogP contribution is 2.31. The molecule has 3 atom stereocenters. The first-order chi connectivity index (χ1) is 8.56. The van der Waals surface area contributed by atoms with Crippen molar-refractivity contribution in [1.82, 2.24) is 0 Å². The van der Waals surface area contributed by atoms with Crippen LogP contribution >= 0.6 is 0 Å². The highest BCUT2D eigenvalue weighted by atomic mass is 16.6. The first kappa shape index (κ1) is 12.9. The largest absolute Gasteiger partial charge is 0.382 e. The van der Waals surface area contributed by atoms with E-state index in [9.17, 15) is 10.1 Å². The Morgan fingerprint density at radius 2 is 2.11 bits per heavy atom. The SMILES string of the molecule is CC1CCC(Nc2cccc([N+](=O)[O-])c2)C(C)C1. The zero-order valence-electron chi connectivity index (χ0n) is 10.9. The number of nitro groups is 1. The van der Waals surface area contributed by atoms with Crippen molar-refractivity contribution in [2.75, 3.05) is 5.32 Å². The van der Waals surface area contributed by atoms with Gasteiger partial charge in [-0.3, -0.25) is 10.1 Å². The topological polar surface area (TPSA) is 55.2 Å². The van der Waals surface area contributed by atoms with Crippen molar-refractivity contribution in [3.05, 3.63) is 34.4 Å². The van der Waals surface area contributed by atoms with Crippen LogP contribution in [0.1, 0.15) is 33.1 Å². The lowest BCUT2D eigenvalue weighted by Gasteiger charge is -2.33. The lowest BCUT2D eigenvalue weighted by atomic mass is 9.80. The zero-order valence-corrected chi connectivity index (χ0v) is 10.9. The molecule has 0 radical (unpaired) electrons. The second-order valence-corrected chi connectivity index (χ2v) is 5.45. The predicted molar refractivity (Wildman–Crippen MR) is 72.7 cm³/mol. The lowest BCUT2D eigenvalue weighted by molar-refractivity contribution is -0.384. The Kier molecular flexibility index (Phi) is 3.84. The molecule has 1 aromatic rings. The molecule has 3 unspecified atom stereocenters. The fraction of sp³-hybridized carbons (Fsp3) is 0.571. The number of non-ortho nitro benzene ring substituents is 1. The molecule has 1 fully saturated rings. The number of nitro benzene ring substituents is 1. The molecule has 4 nitrogen and oxygen atoms in total. The Balaban J connectivity index is 2.05. The van der Waals surface area contributed by atoms with Gasteiger partial charge in [-0.2, -0.15) is 0 Å². The third-order valence-corrected chi connectivity index (χ3v) is 3.84. The van der Waals surface area contributed by atoms with Gasteiger partial charge in [-0.1, -0.05) is 19.9 Å². The van der Waals surface area contributed by atoms with Crippen LogP contribution in [0.2, 0.25) is 0 Å². The van der Waals surface area contributed by atoms with Gasteiger partial charge in [0.25, 0.3) is 5.69 Å². The molecule has 0 spiro atoms. The molecular weight excluding hydrogens is 228 g/mol. The molecule has 1 saturated carbocycles. The summed E-state index contributed by atoms with van der Waals surface area (Å²) >= 11 is 0. The van der Waals surface area contributed by atoms with E-state index in [1.54, 1.807) is 12.1 Å². The van der Waals surface area contributed by atoms with Gasteiger partial charge in [0.15, 0.2) is 0 Å². The van der Waals surface area contributed by atoms with E-state index in [-0.39, 0.29) is 10.6 Å². The van der Waals surface area contributed by atoms with Gasteiger partial charge in [-0.05, 0) is 37.2 Å². The molecular formula is C14H20N2O2. The highest BCUT2D eigenvalue weighted by Gasteiger charge is 2.25. The van der Waals surface area contributed by atoms with E-state index in [1.165, 1.54) is 18.9 Å². The minimum Gasteiger partial charge on any atom is -0.382 e. The predicted octanol–water partition coefficient (Wildman–Crippen LogP) is 3.83. The lowest BCUT2D eigenvalue weighted by Crippen LogP contribution is -2.32. The molecule has 0 aliphatic heterocycles. The molecule has 0 amide bonds. The van der Waals surface area contributed by atoms with E-state index >= 15 is 0 Å². The zero-order chi connectivity index (χ0) is 13.1. The summed E-state index contributed by atoms with van der Waals surface area (Å²) in [5, 5.41) is 14.2. The van der Waals surface area contributed by atoms with Gasteiger partial charge in [-0.25, -0.2) is 0 Å². The molecule has 1 aliphatic carbocycles. The maximum atomic E-state index is 10.7. The van der Waals surface area contributed by atoms with Crippen LogP contribution in [0, 0.1) is 22.0 Å². The van der Waals surface area contributed by atoms with Gasteiger partial charge in [0.05, 0.1) is 4.92 Å². The first-order valence-corrected chi connectivity index (χ1v) is 6.57. The molecule has 2 rings (SSSR count). The summed E-state index contributed by atoms with van der Waals surface area (Å²) < 4.78 is 0. The van der Waals surface area contributed by atoms with Crippen LogP contribution in [0.15, 0.2) is 24.3 Å².